The summed E-state index contributed by atoms with van der Waals surface area (Å²) in [7, 11) is 0. The van der Waals surface area contributed by atoms with Crippen LogP contribution in [0.5, 0.6) is 0 Å². The van der Waals surface area contributed by atoms with E-state index in [0.717, 1.165) is 32.2 Å². The van der Waals surface area contributed by atoms with Crippen molar-refractivity contribution >= 4 is 24.3 Å². The van der Waals surface area contributed by atoms with Gasteiger partial charge in [-0.3, -0.25) is 14.5 Å². The zero-order valence-electron chi connectivity index (χ0n) is 17.2. The highest BCUT2D eigenvalue weighted by atomic mass is 35.5. The van der Waals surface area contributed by atoms with Crippen molar-refractivity contribution in [2.75, 3.05) is 26.2 Å². The first-order valence-electron chi connectivity index (χ1n) is 10.0. The van der Waals surface area contributed by atoms with Crippen molar-refractivity contribution in [3.8, 4) is 0 Å². The Morgan fingerprint density at radius 2 is 1.93 bits per heavy atom. The maximum Gasteiger partial charge on any atom is 0.311 e. The molecule has 0 aromatic heterocycles. The maximum absolute atomic E-state index is 12.3. The lowest BCUT2D eigenvalue weighted by Gasteiger charge is -2.23. The molecule has 1 saturated heterocycles. The summed E-state index contributed by atoms with van der Waals surface area (Å²) in [5.41, 5.74) is 2.05. The van der Waals surface area contributed by atoms with Gasteiger partial charge < -0.3 is 10.4 Å². The molecule has 2 fully saturated rings. The predicted molar refractivity (Wildman–Crippen MR) is 113 cm³/mol. The molecule has 0 unspecified atom stereocenters. The number of carboxylic acids is 1. The zero-order valence-corrected chi connectivity index (χ0v) is 18.0. The van der Waals surface area contributed by atoms with Crippen LogP contribution in [0.1, 0.15) is 51.2 Å². The van der Waals surface area contributed by atoms with Crippen LogP contribution in [0.3, 0.4) is 0 Å². The van der Waals surface area contributed by atoms with Gasteiger partial charge in [-0.05, 0) is 41.7 Å². The van der Waals surface area contributed by atoms with E-state index in [1.165, 1.54) is 11.1 Å². The molecule has 3 rings (SSSR count). The second kappa shape index (κ2) is 8.83. The van der Waals surface area contributed by atoms with E-state index in [1.54, 1.807) is 0 Å². The van der Waals surface area contributed by atoms with Crippen molar-refractivity contribution in [2.45, 2.75) is 51.9 Å². The minimum absolute atomic E-state index is 0. The third-order valence-corrected chi connectivity index (χ3v) is 6.29. The van der Waals surface area contributed by atoms with Crippen LogP contribution >= 0.6 is 12.4 Å². The lowest BCUT2D eigenvalue weighted by molar-refractivity contribution is -0.149. The number of carbonyl (C=O) groups is 2. The summed E-state index contributed by atoms with van der Waals surface area (Å²) >= 11 is 0. The van der Waals surface area contributed by atoms with Crippen LogP contribution in [-0.4, -0.2) is 48.1 Å². The van der Waals surface area contributed by atoms with Crippen LogP contribution in [0, 0.1) is 11.3 Å². The van der Waals surface area contributed by atoms with Gasteiger partial charge in [0.2, 0.25) is 5.91 Å². The lowest BCUT2D eigenvalue weighted by atomic mass is 9.81. The first-order chi connectivity index (χ1) is 12.7. The average Bonchev–Trinajstić information content (AvgIpc) is 3.12. The molecule has 1 aromatic carbocycles. The topological polar surface area (TPSA) is 69.6 Å². The Balaban J connectivity index is 0.00000280. The second-order valence-electron chi connectivity index (χ2n) is 9.27. The molecule has 2 aliphatic rings. The number of hydrogen-bond donors (Lipinski definition) is 2. The summed E-state index contributed by atoms with van der Waals surface area (Å²) in [5.74, 6) is -0.502. The number of fused-ring (bicyclic) bond motifs is 1. The van der Waals surface area contributed by atoms with Gasteiger partial charge in [0.25, 0.3) is 0 Å². The number of amides is 1. The first kappa shape index (κ1) is 22.7. The number of likely N-dealkylation sites (tertiary alicyclic amines) is 1. The second-order valence-corrected chi connectivity index (χ2v) is 9.27. The van der Waals surface area contributed by atoms with E-state index in [0.29, 0.717) is 19.6 Å². The monoisotopic (exact) mass is 408 g/mol. The van der Waals surface area contributed by atoms with Gasteiger partial charge >= 0.3 is 5.97 Å². The number of halogens is 1. The number of nitrogens with one attached hydrogen (secondary N) is 1. The van der Waals surface area contributed by atoms with E-state index < -0.39 is 11.4 Å². The number of rotatable bonds is 6. The molecule has 2 N–H and O–H groups in total. The molecule has 28 heavy (non-hydrogen) atoms. The highest BCUT2D eigenvalue weighted by molar-refractivity contribution is 5.85. The Hall–Kier alpha value is -1.59. The van der Waals surface area contributed by atoms with Crippen molar-refractivity contribution in [3.05, 3.63) is 35.4 Å². The predicted octanol–water partition coefficient (Wildman–Crippen LogP) is 3.25. The Kier molecular flexibility index (Phi) is 7.16. The van der Waals surface area contributed by atoms with Crippen LogP contribution in [0.2, 0.25) is 0 Å². The third-order valence-electron chi connectivity index (χ3n) is 6.29. The van der Waals surface area contributed by atoms with Crippen LogP contribution in [0.4, 0.5) is 0 Å². The number of carboxylic acid groups (broad SMARTS) is 1. The van der Waals surface area contributed by atoms with Gasteiger partial charge in [0, 0.05) is 19.6 Å². The minimum atomic E-state index is -0.688. The van der Waals surface area contributed by atoms with E-state index >= 15 is 0 Å². The van der Waals surface area contributed by atoms with Crippen molar-refractivity contribution in [2.24, 2.45) is 11.3 Å². The van der Waals surface area contributed by atoms with Crippen molar-refractivity contribution in [1.29, 1.82) is 0 Å². The molecule has 1 heterocycles. The smallest absolute Gasteiger partial charge is 0.311 e. The van der Waals surface area contributed by atoms with E-state index in [2.05, 4.69) is 50.4 Å². The van der Waals surface area contributed by atoms with Gasteiger partial charge in [0.05, 0.1) is 12.0 Å². The summed E-state index contributed by atoms with van der Waals surface area (Å²) < 4.78 is 0. The number of carbonyl (C=O) groups excluding carboxylic acids is 1. The molecule has 2 atom stereocenters. The zero-order chi connectivity index (χ0) is 19.7. The average molecular weight is 409 g/mol. The van der Waals surface area contributed by atoms with Gasteiger partial charge in [0.1, 0.15) is 0 Å². The maximum atomic E-state index is 12.3. The fourth-order valence-electron chi connectivity index (χ4n) is 4.64. The van der Waals surface area contributed by atoms with Crippen molar-refractivity contribution in [3.63, 3.8) is 0 Å². The fourth-order valence-corrected chi connectivity index (χ4v) is 4.64. The van der Waals surface area contributed by atoms with E-state index in [-0.39, 0.29) is 29.6 Å². The summed E-state index contributed by atoms with van der Waals surface area (Å²) in [6, 6.07) is 8.58. The molecule has 5 nitrogen and oxygen atoms in total. The fraction of sp³-hybridized carbons (Fsp3) is 0.636. The van der Waals surface area contributed by atoms with Gasteiger partial charge in [-0.25, -0.2) is 0 Å². The number of benzene rings is 1. The molecule has 1 aliphatic carbocycles. The van der Waals surface area contributed by atoms with Gasteiger partial charge in [-0.1, -0.05) is 51.5 Å². The summed E-state index contributed by atoms with van der Waals surface area (Å²) in [6.07, 6.45) is 3.51. The highest BCUT2D eigenvalue weighted by Gasteiger charge is 2.54. The minimum Gasteiger partial charge on any atom is -0.481 e. The summed E-state index contributed by atoms with van der Waals surface area (Å²) in [5, 5.41) is 12.6. The number of hydrogen-bond acceptors (Lipinski definition) is 3. The van der Waals surface area contributed by atoms with Crippen molar-refractivity contribution in [1.82, 2.24) is 10.2 Å². The van der Waals surface area contributed by atoms with Gasteiger partial charge in [-0.15, -0.1) is 12.4 Å². The van der Waals surface area contributed by atoms with Crippen LogP contribution < -0.4 is 5.32 Å². The Bertz CT molecular complexity index is 699. The largest absolute Gasteiger partial charge is 0.481 e. The van der Waals surface area contributed by atoms with Crippen LogP contribution in [0.15, 0.2) is 24.3 Å². The SMILES string of the molecule is CC(C)(C)c1ccc(CCNC(=O)CN2C[C@@H]3CCC[C@@]3(C(=O)O)C2)cc1.Cl. The molecule has 6 heteroatoms. The molecule has 1 aliphatic heterocycles. The van der Waals surface area contributed by atoms with E-state index in [1.807, 2.05) is 4.90 Å². The highest BCUT2D eigenvalue weighted by Crippen LogP contribution is 2.48. The number of nitrogens with zero attached hydrogens (tertiary/aromatic N) is 1. The van der Waals surface area contributed by atoms with Crippen LogP contribution in [0.25, 0.3) is 0 Å². The van der Waals surface area contributed by atoms with E-state index in [4.69, 9.17) is 0 Å². The Morgan fingerprint density at radius 3 is 2.50 bits per heavy atom. The summed E-state index contributed by atoms with van der Waals surface area (Å²) in [4.78, 5) is 26.0. The molecule has 0 spiro atoms. The molecular formula is C22H33ClN2O3. The first-order valence-corrected chi connectivity index (χ1v) is 10.0. The quantitative estimate of drug-likeness (QED) is 0.758. The molecule has 1 amide bonds. The lowest BCUT2D eigenvalue weighted by Crippen LogP contribution is -2.39. The Labute approximate surface area is 174 Å². The molecule has 1 saturated carbocycles. The molecule has 1 aromatic rings. The standard InChI is InChI=1S/C22H32N2O3.ClH/c1-21(2,3)17-8-6-16(7-9-17)10-12-23-19(25)14-24-13-18-5-4-11-22(18,15-24)20(26)27;/h6-9,18H,4-5,10-15H2,1-3H3,(H,23,25)(H,26,27);1H/t18-,22+;/m0./s1. The Morgan fingerprint density at radius 1 is 1.25 bits per heavy atom. The van der Waals surface area contributed by atoms with Gasteiger partial charge in [0.15, 0.2) is 0 Å². The molecule has 0 radical (unpaired) electrons. The van der Waals surface area contributed by atoms with Gasteiger partial charge in [-0.2, -0.15) is 0 Å². The van der Waals surface area contributed by atoms with Crippen molar-refractivity contribution < 1.29 is 14.7 Å². The normalized spacial score (nSPS) is 24.5. The summed E-state index contributed by atoms with van der Waals surface area (Å²) in [6.45, 7) is 8.74. The molecule has 0 bridgehead atoms. The third kappa shape index (κ3) is 4.87. The molecule has 156 valence electrons. The number of aliphatic carboxylic acids is 1. The van der Waals surface area contributed by atoms with E-state index in [9.17, 15) is 14.7 Å². The molecular weight excluding hydrogens is 376 g/mol. The van der Waals surface area contributed by atoms with Crippen LogP contribution in [-0.2, 0) is 21.4 Å².